The molecule has 0 spiro atoms. The summed E-state index contributed by atoms with van der Waals surface area (Å²) in [6, 6.07) is 1.69. The van der Waals surface area contributed by atoms with Crippen LogP contribution in [0.1, 0.15) is 18.7 Å². The topological polar surface area (TPSA) is 29.0 Å². The summed E-state index contributed by atoms with van der Waals surface area (Å²) < 4.78 is 13.2. The Kier molecular flexibility index (Phi) is 3.05. The summed E-state index contributed by atoms with van der Waals surface area (Å²) in [5.74, 6) is 1.35. The quantitative estimate of drug-likeness (QED) is 0.693. The van der Waals surface area contributed by atoms with Crippen molar-refractivity contribution in [3.63, 3.8) is 0 Å². The number of halogens is 2. The molecule has 1 aliphatic rings. The fourth-order valence-electron chi connectivity index (χ4n) is 1.81. The van der Waals surface area contributed by atoms with Gasteiger partial charge in [-0.25, -0.2) is 14.4 Å². The molecule has 0 saturated carbocycles. The van der Waals surface area contributed by atoms with Crippen LogP contribution in [0.4, 0.5) is 10.2 Å². The molecule has 0 aromatic carbocycles. The van der Waals surface area contributed by atoms with E-state index in [0.29, 0.717) is 23.9 Å². The third-order valence-corrected chi connectivity index (χ3v) is 2.67. The van der Waals surface area contributed by atoms with E-state index in [1.807, 2.05) is 4.90 Å². The SMILES string of the molecule is Cc1nc(Cl)cc(N2CCC[C@@H](F)C2)n1. The van der Waals surface area contributed by atoms with Crippen LogP contribution in [-0.2, 0) is 0 Å². The maximum Gasteiger partial charge on any atom is 0.134 e. The van der Waals surface area contributed by atoms with Crippen molar-refractivity contribution in [2.45, 2.75) is 25.9 Å². The molecule has 1 fully saturated rings. The summed E-state index contributed by atoms with van der Waals surface area (Å²) >= 11 is 5.83. The normalized spacial score (nSPS) is 21.8. The zero-order chi connectivity index (χ0) is 10.8. The zero-order valence-electron chi connectivity index (χ0n) is 8.58. The van der Waals surface area contributed by atoms with Crippen LogP contribution < -0.4 is 4.90 Å². The minimum Gasteiger partial charge on any atom is -0.354 e. The summed E-state index contributed by atoms with van der Waals surface area (Å²) in [7, 11) is 0. The van der Waals surface area contributed by atoms with Gasteiger partial charge in [0.05, 0.1) is 6.54 Å². The number of aryl methyl sites for hydroxylation is 1. The Morgan fingerprint density at radius 2 is 2.33 bits per heavy atom. The van der Waals surface area contributed by atoms with E-state index in [2.05, 4.69) is 9.97 Å². The molecule has 0 amide bonds. The monoisotopic (exact) mass is 229 g/mol. The molecule has 1 aromatic heterocycles. The number of aromatic nitrogens is 2. The van der Waals surface area contributed by atoms with Gasteiger partial charge in [0.1, 0.15) is 23.0 Å². The fourth-order valence-corrected chi connectivity index (χ4v) is 2.03. The van der Waals surface area contributed by atoms with Crippen molar-refractivity contribution < 1.29 is 4.39 Å². The van der Waals surface area contributed by atoms with Gasteiger partial charge in [-0.15, -0.1) is 0 Å². The first-order chi connectivity index (χ1) is 7.15. The molecule has 82 valence electrons. The van der Waals surface area contributed by atoms with E-state index in [4.69, 9.17) is 11.6 Å². The molecule has 3 nitrogen and oxygen atoms in total. The van der Waals surface area contributed by atoms with Gasteiger partial charge in [-0.05, 0) is 19.8 Å². The number of nitrogens with zero attached hydrogens (tertiary/aromatic N) is 3. The van der Waals surface area contributed by atoms with Crippen LogP contribution in [0.15, 0.2) is 6.07 Å². The van der Waals surface area contributed by atoms with Crippen LogP contribution in [0.2, 0.25) is 5.15 Å². The molecule has 2 rings (SSSR count). The summed E-state index contributed by atoms with van der Waals surface area (Å²) in [4.78, 5) is 10.2. The molecule has 1 atom stereocenters. The number of piperidine rings is 1. The summed E-state index contributed by atoms with van der Waals surface area (Å²) in [5, 5.41) is 0.415. The average Bonchev–Trinajstić information content (AvgIpc) is 2.16. The van der Waals surface area contributed by atoms with Gasteiger partial charge in [0.2, 0.25) is 0 Å². The van der Waals surface area contributed by atoms with Crippen molar-refractivity contribution in [3.05, 3.63) is 17.0 Å². The second-order valence-corrected chi connectivity index (χ2v) is 4.17. The van der Waals surface area contributed by atoms with E-state index in [9.17, 15) is 4.39 Å². The lowest BCUT2D eigenvalue weighted by Crippen LogP contribution is -2.37. The van der Waals surface area contributed by atoms with E-state index >= 15 is 0 Å². The van der Waals surface area contributed by atoms with Crippen molar-refractivity contribution in [1.82, 2.24) is 9.97 Å². The number of alkyl halides is 1. The predicted molar refractivity (Wildman–Crippen MR) is 58.1 cm³/mol. The molecule has 2 heterocycles. The third-order valence-electron chi connectivity index (χ3n) is 2.48. The first-order valence-electron chi connectivity index (χ1n) is 5.05. The molecule has 0 aliphatic carbocycles. The van der Waals surface area contributed by atoms with Crippen molar-refractivity contribution >= 4 is 17.4 Å². The van der Waals surface area contributed by atoms with Crippen molar-refractivity contribution in [2.24, 2.45) is 0 Å². The second-order valence-electron chi connectivity index (χ2n) is 3.78. The lowest BCUT2D eigenvalue weighted by Gasteiger charge is -2.30. The molecule has 0 unspecified atom stereocenters. The van der Waals surface area contributed by atoms with Crippen molar-refractivity contribution in [2.75, 3.05) is 18.0 Å². The van der Waals surface area contributed by atoms with Gasteiger partial charge in [-0.3, -0.25) is 0 Å². The maximum atomic E-state index is 13.2. The Morgan fingerprint density at radius 3 is 3.00 bits per heavy atom. The Balaban J connectivity index is 2.20. The lowest BCUT2D eigenvalue weighted by atomic mass is 10.1. The molecule has 0 N–H and O–H groups in total. The molecule has 15 heavy (non-hydrogen) atoms. The van der Waals surface area contributed by atoms with E-state index in [1.54, 1.807) is 13.0 Å². The highest BCUT2D eigenvalue weighted by Crippen LogP contribution is 2.21. The molecular weight excluding hydrogens is 217 g/mol. The standard InChI is InChI=1S/C10H13ClFN3/c1-7-13-9(11)5-10(14-7)15-4-2-3-8(12)6-15/h5,8H,2-4,6H2,1H3/t8-/m1/s1. The van der Waals surface area contributed by atoms with E-state index in [0.717, 1.165) is 18.8 Å². The summed E-state index contributed by atoms with van der Waals surface area (Å²) in [5.41, 5.74) is 0. The Morgan fingerprint density at radius 1 is 1.53 bits per heavy atom. The van der Waals surface area contributed by atoms with Crippen LogP contribution >= 0.6 is 11.6 Å². The molecule has 0 bridgehead atoms. The largest absolute Gasteiger partial charge is 0.354 e. The van der Waals surface area contributed by atoms with Gasteiger partial charge >= 0.3 is 0 Å². The van der Waals surface area contributed by atoms with Gasteiger partial charge < -0.3 is 4.90 Å². The molecule has 1 aliphatic heterocycles. The van der Waals surface area contributed by atoms with Crippen LogP contribution in [0.25, 0.3) is 0 Å². The number of hydrogen-bond acceptors (Lipinski definition) is 3. The molecule has 1 aromatic rings. The fraction of sp³-hybridized carbons (Fsp3) is 0.600. The molecule has 1 saturated heterocycles. The molecule has 5 heteroatoms. The minimum atomic E-state index is -0.757. The maximum absolute atomic E-state index is 13.2. The molecular formula is C10H13ClFN3. The zero-order valence-corrected chi connectivity index (χ0v) is 9.34. The third kappa shape index (κ3) is 2.56. The predicted octanol–water partition coefficient (Wildman–Crippen LogP) is 2.38. The number of rotatable bonds is 1. The van der Waals surface area contributed by atoms with E-state index in [1.165, 1.54) is 0 Å². The second kappa shape index (κ2) is 4.31. The highest BCUT2D eigenvalue weighted by molar-refractivity contribution is 6.29. The van der Waals surface area contributed by atoms with Crippen molar-refractivity contribution in [1.29, 1.82) is 0 Å². The number of hydrogen-bond donors (Lipinski definition) is 0. The highest BCUT2D eigenvalue weighted by Gasteiger charge is 2.20. The first kappa shape index (κ1) is 10.6. The van der Waals surface area contributed by atoms with Gasteiger partial charge in [-0.1, -0.05) is 11.6 Å². The number of anilines is 1. The van der Waals surface area contributed by atoms with Gasteiger partial charge in [0.15, 0.2) is 0 Å². The highest BCUT2D eigenvalue weighted by atomic mass is 35.5. The minimum absolute atomic E-state index is 0.410. The smallest absolute Gasteiger partial charge is 0.134 e. The lowest BCUT2D eigenvalue weighted by molar-refractivity contribution is 0.286. The Labute approximate surface area is 93.3 Å². The first-order valence-corrected chi connectivity index (χ1v) is 5.43. The Hall–Kier alpha value is -0.900. The molecule has 0 radical (unpaired) electrons. The van der Waals surface area contributed by atoms with Gasteiger partial charge in [-0.2, -0.15) is 0 Å². The van der Waals surface area contributed by atoms with Gasteiger partial charge in [0.25, 0.3) is 0 Å². The van der Waals surface area contributed by atoms with Gasteiger partial charge in [0, 0.05) is 12.6 Å². The average molecular weight is 230 g/mol. The summed E-state index contributed by atoms with van der Waals surface area (Å²) in [6.07, 6.45) is 0.753. The summed E-state index contributed by atoms with van der Waals surface area (Å²) in [6.45, 7) is 3.03. The van der Waals surface area contributed by atoms with E-state index in [-0.39, 0.29) is 0 Å². The van der Waals surface area contributed by atoms with Crippen LogP contribution in [0.3, 0.4) is 0 Å². The van der Waals surface area contributed by atoms with Crippen LogP contribution in [0, 0.1) is 6.92 Å². The van der Waals surface area contributed by atoms with Crippen LogP contribution in [-0.4, -0.2) is 29.2 Å². The Bertz CT molecular complexity index is 338. The van der Waals surface area contributed by atoms with E-state index < -0.39 is 6.17 Å². The van der Waals surface area contributed by atoms with Crippen molar-refractivity contribution in [3.8, 4) is 0 Å². The van der Waals surface area contributed by atoms with Crippen LogP contribution in [0.5, 0.6) is 0 Å².